The highest BCUT2D eigenvalue weighted by Crippen LogP contribution is 2.24. The van der Waals surface area contributed by atoms with E-state index >= 15 is 0 Å². The molecule has 1 saturated heterocycles. The van der Waals surface area contributed by atoms with Crippen molar-refractivity contribution >= 4 is 11.9 Å². The van der Waals surface area contributed by atoms with E-state index in [2.05, 4.69) is 10.2 Å². The van der Waals surface area contributed by atoms with Crippen LogP contribution in [0.4, 0.5) is 0 Å². The van der Waals surface area contributed by atoms with Crippen LogP contribution in [0.25, 0.3) is 0 Å². The molecule has 102 valence electrons. The Hall–Kier alpha value is -1.10. The van der Waals surface area contributed by atoms with E-state index < -0.39 is 0 Å². The second-order valence-electron chi connectivity index (χ2n) is 5.25. The van der Waals surface area contributed by atoms with Gasteiger partial charge in [0.05, 0.1) is 13.7 Å². The van der Waals surface area contributed by atoms with Crippen LogP contribution in [0.15, 0.2) is 0 Å². The Balaban J connectivity index is 1.90. The third kappa shape index (κ3) is 3.45. The van der Waals surface area contributed by atoms with Gasteiger partial charge in [-0.2, -0.15) is 0 Å². The van der Waals surface area contributed by atoms with Gasteiger partial charge in [-0.05, 0) is 19.3 Å². The molecule has 0 aromatic heterocycles. The average Bonchev–Trinajstić information content (AvgIpc) is 2.99. The first kappa shape index (κ1) is 13.3. The van der Waals surface area contributed by atoms with Crippen molar-refractivity contribution in [1.82, 2.24) is 10.2 Å². The summed E-state index contributed by atoms with van der Waals surface area (Å²) in [7, 11) is 1.42. The molecule has 1 aliphatic carbocycles. The van der Waals surface area contributed by atoms with Crippen molar-refractivity contribution in [2.75, 3.05) is 20.2 Å². The lowest BCUT2D eigenvalue weighted by Crippen LogP contribution is -2.45. The zero-order valence-corrected chi connectivity index (χ0v) is 11.0. The van der Waals surface area contributed by atoms with Crippen LogP contribution in [0.2, 0.25) is 0 Å². The topological polar surface area (TPSA) is 58.6 Å². The minimum atomic E-state index is -0.189. The number of esters is 1. The molecule has 2 aliphatic rings. The van der Waals surface area contributed by atoms with E-state index in [1.807, 2.05) is 0 Å². The van der Waals surface area contributed by atoms with Gasteiger partial charge < -0.3 is 10.1 Å². The summed E-state index contributed by atoms with van der Waals surface area (Å²) in [5, 5.41) is 2.97. The van der Waals surface area contributed by atoms with Crippen LogP contribution in [-0.2, 0) is 14.3 Å². The van der Waals surface area contributed by atoms with E-state index in [9.17, 15) is 9.59 Å². The number of rotatable bonds is 5. The van der Waals surface area contributed by atoms with Crippen LogP contribution in [0.1, 0.15) is 38.5 Å². The Morgan fingerprint density at radius 1 is 1.39 bits per heavy atom. The highest BCUT2D eigenvalue weighted by molar-refractivity contribution is 5.78. The maximum absolute atomic E-state index is 11.5. The van der Waals surface area contributed by atoms with Gasteiger partial charge in [0.25, 0.3) is 0 Å². The average molecular weight is 254 g/mol. The Morgan fingerprint density at radius 3 is 2.67 bits per heavy atom. The van der Waals surface area contributed by atoms with E-state index in [1.54, 1.807) is 0 Å². The molecule has 5 heteroatoms. The molecule has 2 fully saturated rings. The summed E-state index contributed by atoms with van der Waals surface area (Å²) in [4.78, 5) is 24.9. The van der Waals surface area contributed by atoms with Crippen molar-refractivity contribution in [2.45, 2.75) is 50.6 Å². The lowest BCUT2D eigenvalue weighted by molar-refractivity contribution is -0.142. The molecule has 0 radical (unpaired) electrons. The largest absolute Gasteiger partial charge is 0.468 e. The van der Waals surface area contributed by atoms with Crippen molar-refractivity contribution in [3.63, 3.8) is 0 Å². The molecule has 18 heavy (non-hydrogen) atoms. The number of hydrogen-bond donors (Lipinski definition) is 1. The van der Waals surface area contributed by atoms with Crippen molar-refractivity contribution in [3.05, 3.63) is 0 Å². The Morgan fingerprint density at radius 2 is 2.11 bits per heavy atom. The van der Waals surface area contributed by atoms with Crippen molar-refractivity contribution in [3.8, 4) is 0 Å². The zero-order chi connectivity index (χ0) is 13.0. The fourth-order valence-corrected chi connectivity index (χ4v) is 2.94. The smallest absolute Gasteiger partial charge is 0.319 e. The third-order valence-electron chi connectivity index (χ3n) is 3.94. The minimum absolute atomic E-state index is 0.129. The number of amides is 1. The van der Waals surface area contributed by atoms with Crippen LogP contribution in [0, 0.1) is 0 Å². The fraction of sp³-hybridized carbons (Fsp3) is 0.846. The summed E-state index contributed by atoms with van der Waals surface area (Å²) in [6, 6.07) is 0.671. The number of nitrogens with zero attached hydrogens (tertiary/aromatic N) is 1. The monoisotopic (exact) mass is 254 g/mol. The molecule has 0 aromatic rings. The highest BCUT2D eigenvalue weighted by atomic mass is 16.5. The van der Waals surface area contributed by atoms with Crippen molar-refractivity contribution in [1.29, 1.82) is 0 Å². The summed E-state index contributed by atoms with van der Waals surface area (Å²) >= 11 is 0. The molecule has 0 bridgehead atoms. The van der Waals surface area contributed by atoms with Crippen molar-refractivity contribution < 1.29 is 14.3 Å². The van der Waals surface area contributed by atoms with Crippen LogP contribution in [-0.4, -0.2) is 49.1 Å². The molecule has 1 heterocycles. The van der Waals surface area contributed by atoms with Gasteiger partial charge in [-0.15, -0.1) is 0 Å². The van der Waals surface area contributed by atoms with Gasteiger partial charge in [-0.1, -0.05) is 12.8 Å². The number of carbonyl (C=O) groups is 2. The number of carbonyl (C=O) groups excluding carboxylic acids is 2. The number of ether oxygens (including phenoxy) is 1. The summed E-state index contributed by atoms with van der Waals surface area (Å²) < 4.78 is 4.76. The van der Waals surface area contributed by atoms with Gasteiger partial charge in [-0.3, -0.25) is 14.5 Å². The molecule has 1 atom stereocenters. The van der Waals surface area contributed by atoms with E-state index in [0.29, 0.717) is 19.0 Å². The van der Waals surface area contributed by atoms with Gasteiger partial charge in [0.2, 0.25) is 5.91 Å². The van der Waals surface area contributed by atoms with Gasteiger partial charge in [0.15, 0.2) is 0 Å². The molecule has 0 spiro atoms. The maximum Gasteiger partial charge on any atom is 0.319 e. The van der Waals surface area contributed by atoms with E-state index in [1.165, 1.54) is 20.0 Å². The molecule has 1 amide bonds. The molecule has 5 nitrogen and oxygen atoms in total. The first-order valence-electron chi connectivity index (χ1n) is 6.79. The quantitative estimate of drug-likeness (QED) is 0.733. The predicted octanol–water partition coefficient (Wildman–Crippen LogP) is 0.683. The van der Waals surface area contributed by atoms with Gasteiger partial charge in [0.1, 0.15) is 0 Å². The van der Waals surface area contributed by atoms with Gasteiger partial charge in [-0.25, -0.2) is 0 Å². The fourth-order valence-electron chi connectivity index (χ4n) is 2.94. The highest BCUT2D eigenvalue weighted by Gasteiger charge is 2.29. The third-order valence-corrected chi connectivity index (χ3v) is 3.94. The second kappa shape index (κ2) is 6.18. The predicted molar refractivity (Wildman–Crippen MR) is 67.0 cm³/mol. The molecule has 1 saturated carbocycles. The number of methoxy groups -OCH3 is 1. The molecular formula is C13H22N2O3. The van der Waals surface area contributed by atoms with Gasteiger partial charge >= 0.3 is 5.97 Å². The van der Waals surface area contributed by atoms with Crippen LogP contribution < -0.4 is 5.32 Å². The van der Waals surface area contributed by atoms with Crippen LogP contribution in [0.5, 0.6) is 0 Å². The lowest BCUT2D eigenvalue weighted by Gasteiger charge is -2.29. The molecule has 2 rings (SSSR count). The second-order valence-corrected chi connectivity index (χ2v) is 5.25. The first-order chi connectivity index (χ1) is 8.69. The normalized spacial score (nSPS) is 24.6. The van der Waals surface area contributed by atoms with E-state index in [-0.39, 0.29) is 17.9 Å². The standard InChI is InChI=1S/C13H22N2O3/c1-18-13(17)9-15(11-4-2-3-5-11)8-10-6-7-12(16)14-10/h10-11H,2-9H2,1H3,(H,14,16). The minimum Gasteiger partial charge on any atom is -0.468 e. The molecule has 1 N–H and O–H groups in total. The Bertz CT molecular complexity index is 313. The van der Waals surface area contributed by atoms with Gasteiger partial charge in [0, 0.05) is 25.0 Å². The van der Waals surface area contributed by atoms with Crippen LogP contribution >= 0.6 is 0 Å². The Labute approximate surface area is 108 Å². The van der Waals surface area contributed by atoms with E-state index in [4.69, 9.17) is 4.74 Å². The van der Waals surface area contributed by atoms with Crippen molar-refractivity contribution in [2.24, 2.45) is 0 Å². The molecule has 1 aliphatic heterocycles. The summed E-state index contributed by atoms with van der Waals surface area (Å²) in [5.74, 6) is -0.0596. The molecule has 1 unspecified atom stereocenters. The number of hydrogen-bond acceptors (Lipinski definition) is 4. The SMILES string of the molecule is COC(=O)CN(CC1CCC(=O)N1)C1CCCC1. The first-order valence-corrected chi connectivity index (χ1v) is 6.79. The van der Waals surface area contributed by atoms with Crippen LogP contribution in [0.3, 0.4) is 0 Å². The van der Waals surface area contributed by atoms with E-state index in [0.717, 1.165) is 25.8 Å². The summed E-state index contributed by atoms with van der Waals surface area (Å²) in [6.45, 7) is 1.11. The summed E-state index contributed by atoms with van der Waals surface area (Å²) in [5.41, 5.74) is 0. The molecule has 0 aromatic carbocycles. The summed E-state index contributed by atoms with van der Waals surface area (Å²) in [6.07, 6.45) is 6.26. The zero-order valence-electron chi connectivity index (χ0n) is 11.0. The Kier molecular flexibility index (Phi) is 4.58. The number of nitrogens with one attached hydrogen (secondary N) is 1. The molecular weight excluding hydrogens is 232 g/mol. The maximum atomic E-state index is 11.5. The lowest BCUT2D eigenvalue weighted by atomic mass is 10.1.